The number of carbonyl (C=O) groups excluding carboxylic acids is 1. The van der Waals surface area contributed by atoms with E-state index in [4.69, 9.17) is 38.0 Å². The molecule has 1 aromatic carbocycles. The largest absolute Gasteiger partial charge is 0.496 e. The summed E-state index contributed by atoms with van der Waals surface area (Å²) in [5, 5.41) is 10.3. The first-order valence-electron chi connectivity index (χ1n) is 11.1. The van der Waals surface area contributed by atoms with Crippen LogP contribution in [0.4, 0.5) is 0 Å². The Hall–Kier alpha value is -3.14. The average molecular weight is 517 g/mol. The van der Waals surface area contributed by atoms with Gasteiger partial charge in [0.05, 0.1) is 30.5 Å². The third-order valence-electron chi connectivity index (χ3n) is 5.09. The van der Waals surface area contributed by atoms with Crippen molar-refractivity contribution in [2.75, 3.05) is 27.4 Å². The molecule has 1 aliphatic rings. The lowest BCUT2D eigenvalue weighted by atomic mass is 10.1. The topological polar surface area (TPSA) is 93.7 Å². The van der Waals surface area contributed by atoms with Crippen LogP contribution in [0.3, 0.4) is 0 Å². The van der Waals surface area contributed by atoms with E-state index in [1.165, 1.54) is 12.6 Å². The highest BCUT2D eigenvalue weighted by molar-refractivity contribution is 7.80. The first kappa shape index (κ1) is 26.5. The second kappa shape index (κ2) is 13.1. The van der Waals surface area contributed by atoms with Crippen LogP contribution in [0, 0.1) is 0 Å². The zero-order valence-corrected chi connectivity index (χ0v) is 21.5. The van der Waals surface area contributed by atoms with Gasteiger partial charge >= 0.3 is 0 Å². The maximum atomic E-state index is 12.7. The van der Waals surface area contributed by atoms with Crippen molar-refractivity contribution in [1.29, 1.82) is 0 Å². The van der Waals surface area contributed by atoms with Gasteiger partial charge in [0.25, 0.3) is 5.91 Å². The van der Waals surface area contributed by atoms with Gasteiger partial charge in [0.1, 0.15) is 17.3 Å². The minimum Gasteiger partial charge on any atom is -0.496 e. The summed E-state index contributed by atoms with van der Waals surface area (Å²) in [5.41, 5.74) is 3.03. The van der Waals surface area contributed by atoms with Crippen LogP contribution in [0.5, 0.6) is 11.5 Å². The molecule has 0 bridgehead atoms. The van der Waals surface area contributed by atoms with Crippen molar-refractivity contribution in [2.24, 2.45) is 0 Å². The fourth-order valence-corrected chi connectivity index (χ4v) is 3.53. The van der Waals surface area contributed by atoms with Gasteiger partial charge < -0.3 is 30.2 Å². The standard InChI is InChI=1S/C25H29ClN4O4S/c1-4-18(8-7-17(15-26)30-25(35)29-16-5-6-16)34-22-9-10-27-21-14-23(33-3)20(13-19(21)22)24(31)28-11-12-32-2/h4,7-10,13-16H,5-6,11-12H2,1-3H3,(H,28,31)(H2,29,30,35)/b8-7-,17-15-,18-4+. The molecule has 8 nitrogen and oxygen atoms in total. The number of nitrogens with zero attached hydrogens (tertiary/aromatic N) is 1. The number of amides is 1. The van der Waals surface area contributed by atoms with Crippen molar-refractivity contribution < 1.29 is 19.0 Å². The molecule has 10 heteroatoms. The summed E-state index contributed by atoms with van der Waals surface area (Å²) >= 11 is 11.3. The molecule has 3 N–H and O–H groups in total. The number of hydrogen-bond donors (Lipinski definition) is 3. The molecule has 186 valence electrons. The fourth-order valence-electron chi connectivity index (χ4n) is 3.12. The van der Waals surface area contributed by atoms with E-state index >= 15 is 0 Å². The summed E-state index contributed by atoms with van der Waals surface area (Å²) < 4.78 is 16.6. The summed E-state index contributed by atoms with van der Waals surface area (Å²) in [4.78, 5) is 17.1. The molecular weight excluding hydrogens is 488 g/mol. The predicted octanol–water partition coefficient (Wildman–Crippen LogP) is 4.17. The molecular formula is C25H29ClN4O4S. The summed E-state index contributed by atoms with van der Waals surface area (Å²) in [5.74, 6) is 1.25. The lowest BCUT2D eigenvalue weighted by molar-refractivity contribution is 0.0934. The third-order valence-corrected chi connectivity index (χ3v) is 5.54. The smallest absolute Gasteiger partial charge is 0.255 e. The molecule has 1 fully saturated rings. The highest BCUT2D eigenvalue weighted by Crippen LogP contribution is 2.31. The van der Waals surface area contributed by atoms with E-state index in [0.29, 0.717) is 63.7 Å². The number of aromatic nitrogens is 1. The first-order chi connectivity index (χ1) is 17.0. The Kier molecular flexibility index (Phi) is 9.89. The number of methoxy groups -OCH3 is 2. The number of thiocarbonyl (C=S) groups is 1. The van der Waals surface area contributed by atoms with Crippen LogP contribution >= 0.6 is 23.8 Å². The summed E-state index contributed by atoms with van der Waals surface area (Å²) in [6.07, 6.45) is 9.24. The van der Waals surface area contributed by atoms with Gasteiger partial charge in [-0.05, 0) is 62.3 Å². The predicted molar refractivity (Wildman–Crippen MR) is 142 cm³/mol. The number of benzene rings is 1. The molecule has 0 unspecified atom stereocenters. The number of carbonyl (C=O) groups is 1. The van der Waals surface area contributed by atoms with Gasteiger partial charge in [0.15, 0.2) is 5.11 Å². The molecule has 0 radical (unpaired) electrons. The molecule has 0 spiro atoms. The second-order valence-electron chi connectivity index (χ2n) is 7.69. The van der Waals surface area contributed by atoms with Gasteiger partial charge in [-0.15, -0.1) is 0 Å². The van der Waals surface area contributed by atoms with Crippen LogP contribution in [0.1, 0.15) is 30.1 Å². The van der Waals surface area contributed by atoms with Gasteiger partial charge in [-0.1, -0.05) is 11.6 Å². The minimum atomic E-state index is -0.277. The molecule has 0 saturated heterocycles. The van der Waals surface area contributed by atoms with Gasteiger partial charge in [0, 0.05) is 42.9 Å². The summed E-state index contributed by atoms with van der Waals surface area (Å²) in [6.45, 7) is 2.64. The lowest BCUT2D eigenvalue weighted by Gasteiger charge is -2.14. The molecule has 0 aliphatic heterocycles. The maximum absolute atomic E-state index is 12.7. The van der Waals surface area contributed by atoms with Crippen molar-refractivity contribution in [2.45, 2.75) is 25.8 Å². The summed E-state index contributed by atoms with van der Waals surface area (Å²) in [7, 11) is 3.09. The summed E-state index contributed by atoms with van der Waals surface area (Å²) in [6, 6.07) is 5.60. The zero-order valence-electron chi connectivity index (χ0n) is 19.9. The number of halogens is 1. The van der Waals surface area contributed by atoms with E-state index in [2.05, 4.69) is 20.9 Å². The molecule has 1 saturated carbocycles. The van der Waals surface area contributed by atoms with E-state index in [0.717, 1.165) is 12.8 Å². The minimum absolute atomic E-state index is 0.277. The van der Waals surface area contributed by atoms with Crippen LogP contribution < -0.4 is 25.4 Å². The monoisotopic (exact) mass is 516 g/mol. The number of rotatable bonds is 11. The van der Waals surface area contributed by atoms with E-state index in [-0.39, 0.29) is 5.91 Å². The maximum Gasteiger partial charge on any atom is 0.255 e. The Morgan fingerprint density at radius 2 is 2.06 bits per heavy atom. The fraction of sp³-hybridized carbons (Fsp3) is 0.320. The number of fused-ring (bicyclic) bond motifs is 1. The highest BCUT2D eigenvalue weighted by atomic mass is 35.5. The van der Waals surface area contributed by atoms with Crippen LogP contribution in [-0.4, -0.2) is 49.4 Å². The lowest BCUT2D eigenvalue weighted by Crippen LogP contribution is -2.35. The van der Waals surface area contributed by atoms with E-state index < -0.39 is 0 Å². The van der Waals surface area contributed by atoms with Crippen molar-refractivity contribution in [3.63, 3.8) is 0 Å². The number of nitrogens with one attached hydrogen (secondary N) is 3. The normalized spacial score (nSPS) is 14.2. The first-order valence-corrected chi connectivity index (χ1v) is 12.0. The van der Waals surface area contributed by atoms with Crippen molar-refractivity contribution in [1.82, 2.24) is 20.9 Å². The Morgan fingerprint density at radius 3 is 2.71 bits per heavy atom. The van der Waals surface area contributed by atoms with Crippen molar-refractivity contribution in [3.05, 3.63) is 65.2 Å². The van der Waals surface area contributed by atoms with Crippen molar-refractivity contribution in [3.8, 4) is 11.5 Å². The third kappa shape index (κ3) is 7.68. The van der Waals surface area contributed by atoms with E-state index in [1.54, 1.807) is 43.7 Å². The Balaban J connectivity index is 1.80. The Bertz CT molecular complexity index is 1160. The van der Waals surface area contributed by atoms with Gasteiger partial charge in [-0.3, -0.25) is 9.78 Å². The molecule has 1 heterocycles. The van der Waals surface area contributed by atoms with Gasteiger partial charge in [-0.2, -0.15) is 0 Å². The van der Waals surface area contributed by atoms with Gasteiger partial charge in [-0.25, -0.2) is 0 Å². The zero-order chi connectivity index (χ0) is 25.2. The van der Waals surface area contributed by atoms with Crippen molar-refractivity contribution >= 4 is 45.7 Å². The highest BCUT2D eigenvalue weighted by Gasteiger charge is 2.21. The molecule has 1 aliphatic carbocycles. The number of allylic oxidation sites excluding steroid dienone is 3. The average Bonchev–Trinajstić information content (AvgIpc) is 3.68. The molecule has 1 aromatic heterocycles. The SMILES string of the molecule is C\C=C(/C=C\C(=C\Cl)NC(=S)NC1CC1)Oc1ccnc2cc(OC)c(C(=O)NCCOC)cc12. The molecule has 0 atom stereocenters. The Labute approximate surface area is 215 Å². The van der Waals surface area contributed by atoms with Crippen LogP contribution in [-0.2, 0) is 4.74 Å². The van der Waals surface area contributed by atoms with Crippen LogP contribution in [0.25, 0.3) is 10.9 Å². The number of hydrogen-bond acceptors (Lipinski definition) is 6. The Morgan fingerprint density at radius 1 is 1.26 bits per heavy atom. The quantitative estimate of drug-likeness (QED) is 0.177. The van der Waals surface area contributed by atoms with E-state index in [9.17, 15) is 4.79 Å². The second-order valence-corrected chi connectivity index (χ2v) is 8.32. The van der Waals surface area contributed by atoms with Crippen LogP contribution in [0.15, 0.2) is 59.6 Å². The molecule has 3 rings (SSSR count). The molecule has 35 heavy (non-hydrogen) atoms. The van der Waals surface area contributed by atoms with Gasteiger partial charge in [0.2, 0.25) is 0 Å². The van der Waals surface area contributed by atoms with Crippen LogP contribution in [0.2, 0.25) is 0 Å². The number of ether oxygens (including phenoxy) is 3. The molecule has 2 aromatic rings. The number of pyridine rings is 1. The van der Waals surface area contributed by atoms with E-state index in [1.807, 2.05) is 13.0 Å². The molecule has 1 amide bonds.